The summed E-state index contributed by atoms with van der Waals surface area (Å²) in [5.41, 5.74) is 1.39. The zero-order chi connectivity index (χ0) is 18.4. The first kappa shape index (κ1) is 17.2. The van der Waals surface area contributed by atoms with Gasteiger partial charge in [-0.15, -0.1) is 0 Å². The number of carbonyl (C=O) groups is 2. The van der Waals surface area contributed by atoms with E-state index in [4.69, 9.17) is 5.11 Å². The molecule has 0 bridgehead atoms. The van der Waals surface area contributed by atoms with Crippen molar-refractivity contribution in [2.75, 3.05) is 13.1 Å². The van der Waals surface area contributed by atoms with E-state index in [9.17, 15) is 22.8 Å². The first-order chi connectivity index (χ1) is 11.7. The number of hydrogen-bond donors (Lipinski definition) is 1. The largest absolute Gasteiger partial charge is 0.481 e. The topological polar surface area (TPSA) is 75.4 Å². The number of halogens is 3. The fraction of sp³-hybridized carbons (Fsp3) is 0.438. The number of carboxylic acids is 1. The van der Waals surface area contributed by atoms with Gasteiger partial charge in [0.25, 0.3) is 0 Å². The van der Waals surface area contributed by atoms with E-state index >= 15 is 0 Å². The Bertz CT molecular complexity index is 831. The summed E-state index contributed by atoms with van der Waals surface area (Å²) >= 11 is 0. The van der Waals surface area contributed by atoms with Crippen LogP contribution < -0.4 is 0 Å². The molecule has 3 rings (SSSR count). The lowest BCUT2D eigenvalue weighted by molar-refractivity contribution is -0.188. The molecule has 0 spiro atoms. The average molecular weight is 355 g/mol. The number of carboxylic acid groups (broad SMARTS) is 1. The van der Waals surface area contributed by atoms with Crippen LogP contribution in [0.15, 0.2) is 24.3 Å². The minimum Gasteiger partial charge on any atom is -0.481 e. The Morgan fingerprint density at radius 3 is 2.56 bits per heavy atom. The lowest BCUT2D eigenvalue weighted by Gasteiger charge is -2.19. The van der Waals surface area contributed by atoms with Gasteiger partial charge in [0.05, 0.1) is 22.9 Å². The summed E-state index contributed by atoms with van der Waals surface area (Å²) in [5.74, 6) is -5.21. The average Bonchev–Trinajstić information content (AvgIpc) is 3.10. The summed E-state index contributed by atoms with van der Waals surface area (Å²) in [4.78, 5) is 28.9. The second-order valence-corrected chi connectivity index (χ2v) is 6.13. The number of aromatic nitrogens is 2. The molecule has 1 fully saturated rings. The van der Waals surface area contributed by atoms with Crippen molar-refractivity contribution in [1.82, 2.24) is 14.5 Å². The first-order valence-corrected chi connectivity index (χ1v) is 7.67. The van der Waals surface area contributed by atoms with Gasteiger partial charge >= 0.3 is 12.1 Å². The number of imidazole rings is 1. The third-order valence-corrected chi connectivity index (χ3v) is 4.55. The number of alkyl halides is 3. The standard InChI is InChI=1S/C16H16F3N3O3/c1-9-20-12-4-2-3-5-13(12)22(9)8-14(23)21-6-10(15(24)25)11(7-21)16(17,18)19/h2-5,10-11H,6-8H2,1H3,(H,24,25)/t10-,11-/m1/s1. The van der Waals surface area contributed by atoms with E-state index in [2.05, 4.69) is 4.98 Å². The second kappa shape index (κ2) is 6.05. The van der Waals surface area contributed by atoms with Crippen molar-refractivity contribution >= 4 is 22.9 Å². The highest BCUT2D eigenvalue weighted by Gasteiger charge is 2.53. The van der Waals surface area contributed by atoms with E-state index < -0.39 is 43.0 Å². The number of aliphatic carboxylic acids is 1. The number of likely N-dealkylation sites (tertiary alicyclic amines) is 1. The van der Waals surface area contributed by atoms with Crippen LogP contribution in [0.3, 0.4) is 0 Å². The van der Waals surface area contributed by atoms with Crippen LogP contribution in [0.5, 0.6) is 0 Å². The zero-order valence-corrected chi connectivity index (χ0v) is 13.3. The van der Waals surface area contributed by atoms with Crippen molar-refractivity contribution in [2.24, 2.45) is 11.8 Å². The molecule has 1 aliphatic heterocycles. The lowest BCUT2D eigenvalue weighted by Crippen LogP contribution is -2.34. The molecule has 1 amide bonds. The predicted octanol–water partition coefficient (Wildman–Crippen LogP) is 2.07. The molecule has 2 heterocycles. The van der Waals surface area contributed by atoms with Crippen molar-refractivity contribution in [3.8, 4) is 0 Å². The fourth-order valence-corrected chi connectivity index (χ4v) is 3.22. The first-order valence-electron chi connectivity index (χ1n) is 7.67. The van der Waals surface area contributed by atoms with Gasteiger partial charge in [0.1, 0.15) is 12.4 Å². The Balaban J connectivity index is 1.82. The smallest absolute Gasteiger partial charge is 0.394 e. The van der Waals surface area contributed by atoms with Crippen LogP contribution in [-0.2, 0) is 16.1 Å². The van der Waals surface area contributed by atoms with E-state index in [1.54, 1.807) is 35.8 Å². The molecule has 25 heavy (non-hydrogen) atoms. The minimum absolute atomic E-state index is 0.177. The normalized spacial score (nSPS) is 21.0. The summed E-state index contributed by atoms with van der Waals surface area (Å²) in [6, 6.07) is 7.12. The Kier molecular flexibility index (Phi) is 4.18. The van der Waals surface area contributed by atoms with Gasteiger partial charge < -0.3 is 14.6 Å². The molecule has 1 aromatic carbocycles. The van der Waals surface area contributed by atoms with Crippen molar-refractivity contribution in [1.29, 1.82) is 0 Å². The highest BCUT2D eigenvalue weighted by Crippen LogP contribution is 2.37. The minimum atomic E-state index is -4.66. The third kappa shape index (κ3) is 3.18. The summed E-state index contributed by atoms with van der Waals surface area (Å²) in [6.07, 6.45) is -4.66. The maximum Gasteiger partial charge on any atom is 0.394 e. The van der Waals surface area contributed by atoms with Crippen LogP contribution in [0.2, 0.25) is 0 Å². The molecule has 2 atom stereocenters. The van der Waals surface area contributed by atoms with Gasteiger partial charge in [-0.1, -0.05) is 12.1 Å². The van der Waals surface area contributed by atoms with Gasteiger partial charge in [-0.2, -0.15) is 13.2 Å². The van der Waals surface area contributed by atoms with Gasteiger partial charge in [-0.3, -0.25) is 9.59 Å². The van der Waals surface area contributed by atoms with Crippen molar-refractivity contribution < 1.29 is 27.9 Å². The fourth-order valence-electron chi connectivity index (χ4n) is 3.22. The SMILES string of the molecule is Cc1nc2ccccc2n1CC(=O)N1C[C@@H](C(F)(F)F)[C@H](C(=O)O)C1. The van der Waals surface area contributed by atoms with Crippen LogP contribution in [0.1, 0.15) is 5.82 Å². The van der Waals surface area contributed by atoms with Crippen molar-refractivity contribution in [3.63, 3.8) is 0 Å². The van der Waals surface area contributed by atoms with E-state index in [-0.39, 0.29) is 6.54 Å². The van der Waals surface area contributed by atoms with E-state index in [1.807, 2.05) is 0 Å². The number of benzene rings is 1. The third-order valence-electron chi connectivity index (χ3n) is 4.55. The van der Waals surface area contributed by atoms with Gasteiger partial charge in [0.2, 0.25) is 5.91 Å². The maximum absolute atomic E-state index is 13.0. The van der Waals surface area contributed by atoms with Crippen LogP contribution in [0.4, 0.5) is 13.2 Å². The quantitative estimate of drug-likeness (QED) is 0.915. The van der Waals surface area contributed by atoms with Gasteiger partial charge in [0, 0.05) is 13.1 Å². The molecule has 1 N–H and O–H groups in total. The summed E-state index contributed by atoms with van der Waals surface area (Å²) in [5, 5.41) is 9.04. The predicted molar refractivity (Wildman–Crippen MR) is 81.7 cm³/mol. The Hall–Kier alpha value is -2.58. The van der Waals surface area contributed by atoms with Crippen molar-refractivity contribution in [3.05, 3.63) is 30.1 Å². The lowest BCUT2D eigenvalue weighted by atomic mass is 9.96. The molecule has 9 heteroatoms. The van der Waals surface area contributed by atoms with Gasteiger partial charge in [-0.05, 0) is 19.1 Å². The van der Waals surface area contributed by atoms with Crippen LogP contribution in [-0.4, -0.2) is 50.7 Å². The summed E-state index contributed by atoms with van der Waals surface area (Å²) in [7, 11) is 0. The van der Waals surface area contributed by atoms with Crippen LogP contribution in [0.25, 0.3) is 11.0 Å². The molecule has 6 nitrogen and oxygen atoms in total. The molecule has 2 aromatic rings. The molecule has 1 aliphatic rings. The molecule has 0 unspecified atom stereocenters. The van der Waals surface area contributed by atoms with Gasteiger partial charge in [0.15, 0.2) is 0 Å². The van der Waals surface area contributed by atoms with E-state index in [0.29, 0.717) is 16.9 Å². The van der Waals surface area contributed by atoms with Gasteiger partial charge in [-0.25, -0.2) is 4.98 Å². The number of carbonyl (C=O) groups excluding carboxylic acids is 1. The summed E-state index contributed by atoms with van der Waals surface area (Å²) in [6.45, 7) is 0.452. The molecular formula is C16H16F3N3O3. The number of aryl methyl sites for hydroxylation is 1. The number of nitrogens with zero attached hydrogens (tertiary/aromatic N) is 3. The highest BCUT2D eigenvalue weighted by atomic mass is 19.4. The zero-order valence-electron chi connectivity index (χ0n) is 13.3. The Labute approximate surface area is 140 Å². The van der Waals surface area contributed by atoms with E-state index in [1.165, 1.54) is 0 Å². The molecule has 1 saturated heterocycles. The monoisotopic (exact) mass is 355 g/mol. The molecule has 0 radical (unpaired) electrons. The maximum atomic E-state index is 13.0. The van der Waals surface area contributed by atoms with Crippen LogP contribution >= 0.6 is 0 Å². The molecular weight excluding hydrogens is 339 g/mol. The number of hydrogen-bond acceptors (Lipinski definition) is 3. The number of rotatable bonds is 3. The Morgan fingerprint density at radius 1 is 1.28 bits per heavy atom. The molecule has 134 valence electrons. The highest BCUT2D eigenvalue weighted by molar-refractivity contribution is 5.82. The molecule has 0 aliphatic carbocycles. The van der Waals surface area contributed by atoms with Crippen LogP contribution in [0, 0.1) is 18.8 Å². The number of para-hydroxylation sites is 2. The Morgan fingerprint density at radius 2 is 1.96 bits per heavy atom. The summed E-state index contributed by atoms with van der Waals surface area (Å²) < 4.78 is 40.7. The number of fused-ring (bicyclic) bond motifs is 1. The number of amides is 1. The molecule has 1 aromatic heterocycles. The van der Waals surface area contributed by atoms with E-state index in [0.717, 1.165) is 4.90 Å². The van der Waals surface area contributed by atoms with Crippen molar-refractivity contribution in [2.45, 2.75) is 19.6 Å². The molecule has 0 saturated carbocycles. The second-order valence-electron chi connectivity index (χ2n) is 6.13.